The standard InChI is InChI=1S/C18H14BrFN2O2/c1-10-18(23)22-16(14-8-12(19)4-7-17(14)24-10)9-15(21-22)11-2-5-13(20)6-3-11/h2-8,10,16H,9H2,1H3. The molecule has 2 aromatic carbocycles. The minimum absolute atomic E-state index is 0.176. The second-order valence-corrected chi connectivity index (χ2v) is 6.81. The molecule has 0 aliphatic carbocycles. The first-order valence-electron chi connectivity index (χ1n) is 7.65. The number of amides is 1. The fourth-order valence-electron chi connectivity index (χ4n) is 3.09. The second-order valence-electron chi connectivity index (χ2n) is 5.90. The van der Waals surface area contributed by atoms with Crippen LogP contribution in [0.3, 0.4) is 0 Å². The molecule has 2 aliphatic rings. The highest BCUT2D eigenvalue weighted by molar-refractivity contribution is 9.10. The average molecular weight is 389 g/mol. The number of benzene rings is 2. The minimum Gasteiger partial charge on any atom is -0.480 e. The van der Waals surface area contributed by atoms with Crippen LogP contribution in [0.5, 0.6) is 5.75 Å². The number of halogens is 2. The number of hydrazone groups is 1. The van der Waals surface area contributed by atoms with Crippen LogP contribution in [0.25, 0.3) is 0 Å². The van der Waals surface area contributed by atoms with Gasteiger partial charge in [-0.2, -0.15) is 5.10 Å². The lowest BCUT2D eigenvalue weighted by Crippen LogP contribution is -2.34. The van der Waals surface area contributed by atoms with Crippen molar-refractivity contribution in [1.29, 1.82) is 0 Å². The molecule has 4 nitrogen and oxygen atoms in total. The number of ether oxygens (including phenoxy) is 1. The van der Waals surface area contributed by atoms with E-state index in [1.165, 1.54) is 17.1 Å². The molecule has 0 saturated heterocycles. The lowest BCUT2D eigenvalue weighted by atomic mass is 9.98. The fourth-order valence-corrected chi connectivity index (χ4v) is 3.47. The molecule has 2 aromatic rings. The van der Waals surface area contributed by atoms with E-state index >= 15 is 0 Å². The molecule has 2 unspecified atom stereocenters. The predicted octanol–water partition coefficient (Wildman–Crippen LogP) is 4.05. The Balaban J connectivity index is 1.78. The van der Waals surface area contributed by atoms with Crippen LogP contribution in [0.15, 0.2) is 52.0 Å². The molecule has 0 aromatic heterocycles. The van der Waals surface area contributed by atoms with E-state index in [1.807, 2.05) is 18.2 Å². The second kappa shape index (κ2) is 5.70. The van der Waals surface area contributed by atoms with Crippen LogP contribution in [0, 0.1) is 5.82 Å². The van der Waals surface area contributed by atoms with E-state index in [0.29, 0.717) is 12.2 Å². The summed E-state index contributed by atoms with van der Waals surface area (Å²) < 4.78 is 19.9. The van der Waals surface area contributed by atoms with Gasteiger partial charge in [0.15, 0.2) is 6.10 Å². The molecule has 122 valence electrons. The Bertz CT molecular complexity index is 851. The highest BCUT2D eigenvalue weighted by Gasteiger charge is 2.40. The number of hydrogen-bond donors (Lipinski definition) is 0. The topological polar surface area (TPSA) is 41.9 Å². The summed E-state index contributed by atoms with van der Waals surface area (Å²) >= 11 is 3.47. The van der Waals surface area contributed by atoms with Crippen LogP contribution in [-0.2, 0) is 4.79 Å². The van der Waals surface area contributed by atoms with Crippen LogP contribution >= 0.6 is 15.9 Å². The number of nitrogens with zero attached hydrogens (tertiary/aromatic N) is 2. The van der Waals surface area contributed by atoms with Gasteiger partial charge in [0.05, 0.1) is 11.8 Å². The number of hydrogen-bond acceptors (Lipinski definition) is 3. The van der Waals surface area contributed by atoms with Gasteiger partial charge in [0, 0.05) is 16.5 Å². The summed E-state index contributed by atoms with van der Waals surface area (Å²) in [6.07, 6.45) is -0.0390. The molecule has 6 heteroatoms. The Morgan fingerprint density at radius 3 is 2.75 bits per heavy atom. The Labute approximate surface area is 147 Å². The number of carbonyl (C=O) groups is 1. The Kier molecular flexibility index (Phi) is 3.64. The first-order chi connectivity index (χ1) is 11.5. The molecule has 0 spiro atoms. The van der Waals surface area contributed by atoms with Gasteiger partial charge in [0.25, 0.3) is 5.91 Å². The van der Waals surface area contributed by atoms with Crippen molar-refractivity contribution < 1.29 is 13.9 Å². The minimum atomic E-state index is -0.605. The summed E-state index contributed by atoms with van der Waals surface area (Å²) in [7, 11) is 0. The summed E-state index contributed by atoms with van der Waals surface area (Å²) in [4.78, 5) is 12.6. The molecule has 0 saturated carbocycles. The quantitative estimate of drug-likeness (QED) is 0.739. The number of carbonyl (C=O) groups excluding carboxylic acids is 1. The van der Waals surface area contributed by atoms with Gasteiger partial charge in [-0.05, 0) is 42.8 Å². The smallest absolute Gasteiger partial charge is 0.283 e. The first-order valence-corrected chi connectivity index (χ1v) is 8.45. The van der Waals surface area contributed by atoms with Gasteiger partial charge in [-0.15, -0.1) is 0 Å². The van der Waals surface area contributed by atoms with Crippen LogP contribution in [-0.4, -0.2) is 22.7 Å². The van der Waals surface area contributed by atoms with Crippen LogP contribution in [0.4, 0.5) is 4.39 Å². The molecule has 0 N–H and O–H groups in total. The number of rotatable bonds is 1. The summed E-state index contributed by atoms with van der Waals surface area (Å²) in [6, 6.07) is 11.7. The first kappa shape index (κ1) is 15.3. The van der Waals surface area contributed by atoms with Crippen LogP contribution < -0.4 is 4.74 Å². The maximum absolute atomic E-state index is 13.2. The lowest BCUT2D eigenvalue weighted by molar-refractivity contribution is -0.138. The van der Waals surface area contributed by atoms with E-state index in [-0.39, 0.29) is 17.8 Å². The Hall–Kier alpha value is -2.21. The zero-order valence-electron chi connectivity index (χ0n) is 12.9. The van der Waals surface area contributed by atoms with Gasteiger partial charge in [0.1, 0.15) is 11.6 Å². The van der Waals surface area contributed by atoms with Crippen LogP contribution in [0.2, 0.25) is 0 Å². The van der Waals surface area contributed by atoms with Crippen molar-refractivity contribution in [1.82, 2.24) is 5.01 Å². The zero-order chi connectivity index (χ0) is 16.8. The van der Waals surface area contributed by atoms with Gasteiger partial charge in [-0.1, -0.05) is 28.1 Å². The van der Waals surface area contributed by atoms with Gasteiger partial charge in [-0.25, -0.2) is 9.40 Å². The van der Waals surface area contributed by atoms with Crippen molar-refractivity contribution >= 4 is 27.5 Å². The van der Waals surface area contributed by atoms with Crippen molar-refractivity contribution in [3.05, 3.63) is 63.9 Å². The highest BCUT2D eigenvalue weighted by atomic mass is 79.9. The van der Waals surface area contributed by atoms with E-state index in [1.54, 1.807) is 19.1 Å². The molecular weight excluding hydrogens is 375 g/mol. The van der Waals surface area contributed by atoms with E-state index in [9.17, 15) is 9.18 Å². The summed E-state index contributed by atoms with van der Waals surface area (Å²) in [5.41, 5.74) is 2.51. The third kappa shape index (κ3) is 2.51. The normalized spacial score (nSPS) is 22.4. The van der Waals surface area contributed by atoms with E-state index in [0.717, 1.165) is 21.3 Å². The van der Waals surface area contributed by atoms with Crippen molar-refractivity contribution in [2.75, 3.05) is 0 Å². The van der Waals surface area contributed by atoms with Gasteiger partial charge < -0.3 is 4.74 Å². The summed E-state index contributed by atoms with van der Waals surface area (Å²) in [5.74, 6) is 0.228. The van der Waals surface area contributed by atoms with E-state index in [2.05, 4.69) is 21.0 Å². The SMILES string of the molecule is CC1Oc2ccc(Br)cc2C2CC(c3ccc(F)cc3)=NN2C1=O. The molecule has 0 bridgehead atoms. The summed E-state index contributed by atoms with van der Waals surface area (Å²) in [5, 5.41) is 6.01. The van der Waals surface area contributed by atoms with Crippen molar-refractivity contribution in [3.8, 4) is 5.75 Å². The maximum atomic E-state index is 13.2. The van der Waals surface area contributed by atoms with Gasteiger partial charge in [0.2, 0.25) is 0 Å². The third-order valence-electron chi connectivity index (χ3n) is 4.30. The molecule has 4 rings (SSSR count). The largest absolute Gasteiger partial charge is 0.480 e. The molecule has 1 amide bonds. The molecule has 0 fully saturated rings. The lowest BCUT2D eigenvalue weighted by Gasteiger charge is -2.19. The summed E-state index contributed by atoms with van der Waals surface area (Å²) in [6.45, 7) is 1.72. The Morgan fingerprint density at radius 2 is 2.00 bits per heavy atom. The van der Waals surface area contributed by atoms with Crippen molar-refractivity contribution in [2.45, 2.75) is 25.5 Å². The number of fused-ring (bicyclic) bond motifs is 3. The van der Waals surface area contributed by atoms with Gasteiger partial charge in [-0.3, -0.25) is 4.79 Å². The van der Waals surface area contributed by atoms with Crippen molar-refractivity contribution in [2.24, 2.45) is 5.10 Å². The molecule has 24 heavy (non-hydrogen) atoms. The Morgan fingerprint density at radius 1 is 1.25 bits per heavy atom. The van der Waals surface area contributed by atoms with Gasteiger partial charge >= 0.3 is 0 Å². The maximum Gasteiger partial charge on any atom is 0.283 e. The highest BCUT2D eigenvalue weighted by Crippen LogP contribution is 2.41. The fraction of sp³-hybridized carbons (Fsp3) is 0.222. The molecular formula is C18H14BrFN2O2. The monoisotopic (exact) mass is 388 g/mol. The zero-order valence-corrected chi connectivity index (χ0v) is 14.5. The van der Waals surface area contributed by atoms with E-state index in [4.69, 9.17) is 4.74 Å². The van der Waals surface area contributed by atoms with E-state index < -0.39 is 6.10 Å². The average Bonchev–Trinajstić information content (AvgIpc) is 2.98. The molecule has 2 aliphatic heterocycles. The van der Waals surface area contributed by atoms with Crippen LogP contribution in [0.1, 0.15) is 30.5 Å². The molecule has 2 heterocycles. The predicted molar refractivity (Wildman–Crippen MR) is 91.4 cm³/mol. The molecule has 2 atom stereocenters. The third-order valence-corrected chi connectivity index (χ3v) is 4.79. The molecule has 0 radical (unpaired) electrons. The van der Waals surface area contributed by atoms with Crippen molar-refractivity contribution in [3.63, 3.8) is 0 Å².